The summed E-state index contributed by atoms with van der Waals surface area (Å²) in [5, 5.41) is 2.87. The average molecular weight is 361 g/mol. The fourth-order valence-electron chi connectivity index (χ4n) is 3.18. The van der Waals surface area contributed by atoms with E-state index >= 15 is 0 Å². The fourth-order valence-corrected chi connectivity index (χ4v) is 3.18. The largest absolute Gasteiger partial charge is 0.497 e. The summed E-state index contributed by atoms with van der Waals surface area (Å²) < 4.78 is 5.15. The molecule has 2 amide bonds. The Morgan fingerprint density at radius 3 is 2.38 bits per heavy atom. The highest BCUT2D eigenvalue weighted by Crippen LogP contribution is 2.21. The van der Waals surface area contributed by atoms with E-state index in [1.54, 1.807) is 7.11 Å². The Kier molecular flexibility index (Phi) is 7.91. The number of carbonyl (C=O) groups excluding carboxylic acids is 2. The maximum atomic E-state index is 12.2. The topological polar surface area (TPSA) is 61.9 Å². The summed E-state index contributed by atoms with van der Waals surface area (Å²) in [5.74, 6) is 1.04. The summed E-state index contributed by atoms with van der Waals surface area (Å²) in [6.07, 6.45) is 0.782. The molecule has 1 aliphatic heterocycles. The molecule has 144 valence electrons. The predicted molar refractivity (Wildman–Crippen MR) is 102 cm³/mol. The van der Waals surface area contributed by atoms with Gasteiger partial charge < -0.3 is 19.9 Å². The third-order valence-corrected chi connectivity index (χ3v) is 5.01. The zero-order valence-corrected chi connectivity index (χ0v) is 16.2. The molecule has 6 heteroatoms. The summed E-state index contributed by atoms with van der Waals surface area (Å²) in [4.78, 5) is 28.6. The van der Waals surface area contributed by atoms with E-state index < -0.39 is 0 Å². The van der Waals surface area contributed by atoms with Crippen molar-refractivity contribution in [2.75, 3.05) is 46.4 Å². The minimum absolute atomic E-state index is 0.0167. The van der Waals surface area contributed by atoms with E-state index in [2.05, 4.69) is 17.1 Å². The third-order valence-electron chi connectivity index (χ3n) is 5.01. The number of methoxy groups -OCH3 is 1. The Morgan fingerprint density at radius 2 is 1.81 bits per heavy atom. The van der Waals surface area contributed by atoms with Crippen molar-refractivity contribution in [3.05, 3.63) is 29.8 Å². The zero-order chi connectivity index (χ0) is 18.9. The van der Waals surface area contributed by atoms with Crippen molar-refractivity contribution in [1.29, 1.82) is 0 Å². The number of hydrogen-bond donors (Lipinski definition) is 1. The van der Waals surface area contributed by atoms with Crippen LogP contribution in [0.25, 0.3) is 0 Å². The summed E-state index contributed by atoms with van der Waals surface area (Å²) in [6, 6.07) is 7.77. The lowest BCUT2D eigenvalue weighted by Crippen LogP contribution is -2.49. The number of hydrogen-bond acceptors (Lipinski definition) is 4. The second kappa shape index (κ2) is 10.2. The van der Waals surface area contributed by atoms with Gasteiger partial charge in [-0.2, -0.15) is 0 Å². The van der Waals surface area contributed by atoms with Gasteiger partial charge in [-0.3, -0.25) is 9.59 Å². The molecule has 0 spiro atoms. The monoisotopic (exact) mass is 361 g/mol. The number of ether oxygens (including phenoxy) is 1. The van der Waals surface area contributed by atoms with E-state index in [1.165, 1.54) is 0 Å². The molecule has 1 aromatic carbocycles. The molecule has 0 bridgehead atoms. The second-order valence-corrected chi connectivity index (χ2v) is 6.79. The minimum Gasteiger partial charge on any atom is -0.497 e. The van der Waals surface area contributed by atoms with Gasteiger partial charge in [0.25, 0.3) is 0 Å². The van der Waals surface area contributed by atoms with Gasteiger partial charge in [0.15, 0.2) is 0 Å². The first-order valence-electron chi connectivity index (χ1n) is 9.44. The van der Waals surface area contributed by atoms with Crippen molar-refractivity contribution in [1.82, 2.24) is 15.1 Å². The molecule has 2 rings (SSSR count). The van der Waals surface area contributed by atoms with E-state index in [-0.39, 0.29) is 17.7 Å². The van der Waals surface area contributed by atoms with Gasteiger partial charge in [-0.15, -0.1) is 0 Å². The highest BCUT2D eigenvalue weighted by atomic mass is 16.5. The van der Waals surface area contributed by atoms with Crippen molar-refractivity contribution in [3.8, 4) is 5.75 Å². The minimum atomic E-state index is -0.0167. The Labute approximate surface area is 156 Å². The van der Waals surface area contributed by atoms with Crippen molar-refractivity contribution in [2.45, 2.75) is 32.6 Å². The maximum absolute atomic E-state index is 12.2. The molecule has 1 unspecified atom stereocenters. The van der Waals surface area contributed by atoms with Crippen LogP contribution in [0.3, 0.4) is 0 Å². The first-order valence-corrected chi connectivity index (χ1v) is 9.44. The Hall–Kier alpha value is -2.08. The normalized spacial score (nSPS) is 16.2. The molecule has 0 aliphatic carbocycles. The highest BCUT2D eigenvalue weighted by Gasteiger charge is 2.20. The maximum Gasteiger partial charge on any atom is 0.224 e. The first kappa shape index (κ1) is 20.2. The zero-order valence-electron chi connectivity index (χ0n) is 16.2. The summed E-state index contributed by atoms with van der Waals surface area (Å²) in [5.41, 5.74) is 1.10. The lowest BCUT2D eigenvalue weighted by molar-refractivity contribution is -0.132. The van der Waals surface area contributed by atoms with Crippen LogP contribution < -0.4 is 10.1 Å². The van der Waals surface area contributed by atoms with E-state index in [1.807, 2.05) is 36.1 Å². The van der Waals surface area contributed by atoms with Crippen molar-refractivity contribution >= 4 is 11.8 Å². The molecule has 0 saturated carbocycles. The molecule has 1 saturated heterocycles. The Balaban J connectivity index is 1.67. The molecule has 1 aromatic rings. The van der Waals surface area contributed by atoms with E-state index in [0.717, 1.165) is 44.0 Å². The number of nitrogens with one attached hydrogen (secondary N) is 1. The molecule has 0 radical (unpaired) electrons. The van der Waals surface area contributed by atoms with Crippen molar-refractivity contribution < 1.29 is 14.3 Å². The molecule has 1 aliphatic rings. The Bertz CT molecular complexity index is 580. The first-order chi connectivity index (χ1) is 12.5. The van der Waals surface area contributed by atoms with Crippen LogP contribution in [0, 0.1) is 0 Å². The van der Waals surface area contributed by atoms with Crippen LogP contribution in [-0.4, -0.2) is 68.0 Å². The summed E-state index contributed by atoms with van der Waals surface area (Å²) >= 11 is 0. The molecule has 0 aromatic heterocycles. The van der Waals surface area contributed by atoms with Gasteiger partial charge >= 0.3 is 0 Å². The van der Waals surface area contributed by atoms with Crippen LogP contribution >= 0.6 is 0 Å². The van der Waals surface area contributed by atoms with Crippen LogP contribution in [0.1, 0.15) is 38.2 Å². The van der Waals surface area contributed by atoms with E-state index in [9.17, 15) is 9.59 Å². The standard InChI is InChI=1S/C20H31N3O3/c1-4-22-11-13-23(14-12-22)20(25)9-10-21-19(24)15-16(2)17-5-7-18(26-3)8-6-17/h5-8,16H,4,9-15H2,1-3H3,(H,21,24). The molecule has 6 nitrogen and oxygen atoms in total. The quantitative estimate of drug-likeness (QED) is 0.768. The number of carbonyl (C=O) groups is 2. The van der Waals surface area contributed by atoms with Gasteiger partial charge in [0, 0.05) is 45.6 Å². The number of nitrogens with zero attached hydrogens (tertiary/aromatic N) is 2. The van der Waals surface area contributed by atoms with Crippen LogP contribution in [-0.2, 0) is 9.59 Å². The SMILES string of the molecule is CCN1CCN(C(=O)CCNC(=O)CC(C)c2ccc(OC)cc2)CC1. The second-order valence-electron chi connectivity index (χ2n) is 6.79. The molecule has 1 fully saturated rings. The summed E-state index contributed by atoms with van der Waals surface area (Å²) in [6.45, 7) is 9.05. The van der Waals surface area contributed by atoms with E-state index in [0.29, 0.717) is 19.4 Å². The molecule has 1 heterocycles. The molecule has 26 heavy (non-hydrogen) atoms. The summed E-state index contributed by atoms with van der Waals surface area (Å²) in [7, 11) is 1.64. The highest BCUT2D eigenvalue weighted by molar-refractivity contribution is 5.79. The number of rotatable bonds is 8. The predicted octanol–water partition coefficient (Wildman–Crippen LogP) is 1.86. The van der Waals surface area contributed by atoms with Gasteiger partial charge in [0.1, 0.15) is 5.75 Å². The molecular formula is C20H31N3O3. The van der Waals surface area contributed by atoms with Gasteiger partial charge in [0.2, 0.25) is 11.8 Å². The van der Waals surface area contributed by atoms with Crippen LogP contribution in [0.15, 0.2) is 24.3 Å². The van der Waals surface area contributed by atoms with Crippen LogP contribution in [0.4, 0.5) is 0 Å². The van der Waals surface area contributed by atoms with Crippen LogP contribution in [0.2, 0.25) is 0 Å². The molecule has 1 N–H and O–H groups in total. The third kappa shape index (κ3) is 6.02. The average Bonchev–Trinajstić information content (AvgIpc) is 2.68. The number of piperazine rings is 1. The molecular weight excluding hydrogens is 330 g/mol. The lowest BCUT2D eigenvalue weighted by Gasteiger charge is -2.34. The number of likely N-dealkylation sites (N-methyl/N-ethyl adjacent to an activating group) is 1. The number of benzene rings is 1. The van der Waals surface area contributed by atoms with Gasteiger partial charge in [0.05, 0.1) is 7.11 Å². The lowest BCUT2D eigenvalue weighted by atomic mass is 9.97. The molecule has 1 atom stereocenters. The van der Waals surface area contributed by atoms with Gasteiger partial charge in [-0.05, 0) is 30.2 Å². The smallest absolute Gasteiger partial charge is 0.224 e. The van der Waals surface area contributed by atoms with Crippen LogP contribution in [0.5, 0.6) is 5.75 Å². The number of amides is 2. The van der Waals surface area contributed by atoms with Gasteiger partial charge in [-0.25, -0.2) is 0 Å². The van der Waals surface area contributed by atoms with E-state index in [4.69, 9.17) is 4.74 Å². The van der Waals surface area contributed by atoms with Crippen molar-refractivity contribution in [2.24, 2.45) is 0 Å². The fraction of sp³-hybridized carbons (Fsp3) is 0.600. The van der Waals surface area contributed by atoms with Gasteiger partial charge in [-0.1, -0.05) is 26.0 Å². The Morgan fingerprint density at radius 1 is 1.15 bits per heavy atom. The van der Waals surface area contributed by atoms with Crippen molar-refractivity contribution in [3.63, 3.8) is 0 Å².